The molecule has 1 aliphatic rings. The molecule has 0 bridgehead atoms. The molecule has 1 amide bonds. The van der Waals surface area contributed by atoms with Gasteiger partial charge in [0.05, 0.1) is 11.0 Å². The number of para-hydroxylation sites is 2. The maximum Gasteiger partial charge on any atom is 0.433 e. The maximum atomic E-state index is 13.1. The predicted molar refractivity (Wildman–Crippen MR) is 112 cm³/mol. The molecule has 1 saturated carbocycles. The molecule has 4 rings (SSSR count). The van der Waals surface area contributed by atoms with Gasteiger partial charge in [-0.3, -0.25) is 4.79 Å². The normalized spacial score (nSPS) is 19.3. The average molecular weight is 485 g/mol. The zero-order valence-electron chi connectivity index (χ0n) is 18.0. The van der Waals surface area contributed by atoms with Gasteiger partial charge in [-0.25, -0.2) is 9.97 Å². The molecule has 3 aromatic rings. The highest BCUT2D eigenvalue weighted by Crippen LogP contribution is 2.37. The van der Waals surface area contributed by atoms with E-state index in [1.165, 1.54) is 11.9 Å². The number of rotatable bonds is 4. The van der Waals surface area contributed by atoms with Crippen molar-refractivity contribution in [3.05, 3.63) is 53.6 Å². The first-order valence-electron chi connectivity index (χ1n) is 10.6. The monoisotopic (exact) mass is 485 g/mol. The van der Waals surface area contributed by atoms with Gasteiger partial charge < -0.3 is 15.2 Å². The van der Waals surface area contributed by atoms with Crippen molar-refractivity contribution in [1.29, 1.82) is 0 Å². The Morgan fingerprint density at radius 3 is 2.12 bits per heavy atom. The summed E-state index contributed by atoms with van der Waals surface area (Å²) in [5, 5.41) is 2.89. The summed E-state index contributed by atoms with van der Waals surface area (Å²) in [6.07, 6.45) is -8.02. The molecule has 1 aromatic carbocycles. The van der Waals surface area contributed by atoms with E-state index in [-0.39, 0.29) is 29.5 Å². The summed E-state index contributed by atoms with van der Waals surface area (Å²) in [5.74, 6) is -0.191. The second-order valence-electron chi connectivity index (χ2n) is 8.28. The zero-order chi connectivity index (χ0) is 24.7. The lowest BCUT2D eigenvalue weighted by molar-refractivity contribution is -0.150. The lowest BCUT2D eigenvalue weighted by Gasteiger charge is -2.36. The van der Waals surface area contributed by atoms with Crippen molar-refractivity contribution in [2.75, 3.05) is 11.9 Å². The summed E-state index contributed by atoms with van der Waals surface area (Å²) in [7, 11) is 1.47. The molecule has 34 heavy (non-hydrogen) atoms. The molecule has 0 atom stereocenters. The molecule has 6 nitrogen and oxygen atoms in total. The molecule has 0 unspecified atom stereocenters. The van der Waals surface area contributed by atoms with E-state index in [9.17, 15) is 31.1 Å². The van der Waals surface area contributed by atoms with E-state index in [0.29, 0.717) is 43.3 Å². The fourth-order valence-electron chi connectivity index (χ4n) is 4.14. The van der Waals surface area contributed by atoms with E-state index in [4.69, 9.17) is 0 Å². The summed E-state index contributed by atoms with van der Waals surface area (Å²) in [4.78, 5) is 23.9. The smallest absolute Gasteiger partial charge is 0.371 e. The third kappa shape index (κ3) is 5.10. The van der Waals surface area contributed by atoms with Crippen LogP contribution in [0.4, 0.5) is 32.0 Å². The Morgan fingerprint density at radius 1 is 0.971 bits per heavy atom. The summed E-state index contributed by atoms with van der Waals surface area (Å²) in [5.41, 5.74) is -1.99. The average Bonchev–Trinajstić information content (AvgIpc) is 3.22. The van der Waals surface area contributed by atoms with Gasteiger partial charge in [0, 0.05) is 24.8 Å². The van der Waals surface area contributed by atoms with Crippen molar-refractivity contribution >= 4 is 22.6 Å². The van der Waals surface area contributed by atoms with Crippen LogP contribution in [0.15, 0.2) is 36.4 Å². The number of aromatic amines is 1. The van der Waals surface area contributed by atoms with E-state index < -0.39 is 23.7 Å². The number of imidazole rings is 1. The van der Waals surface area contributed by atoms with Gasteiger partial charge in [-0.2, -0.15) is 26.3 Å². The molecule has 12 heteroatoms. The molecule has 2 heterocycles. The molecular weight excluding hydrogens is 464 g/mol. The van der Waals surface area contributed by atoms with Crippen LogP contribution in [-0.4, -0.2) is 40.0 Å². The highest BCUT2D eigenvalue weighted by molar-refractivity contribution is 5.94. The van der Waals surface area contributed by atoms with E-state index in [1.807, 2.05) is 6.07 Å². The highest BCUT2D eigenvalue weighted by atomic mass is 19.4. The highest BCUT2D eigenvalue weighted by Gasteiger charge is 2.39. The fraction of sp³-hybridized carbons (Fsp3) is 0.409. The van der Waals surface area contributed by atoms with Crippen LogP contribution < -0.4 is 10.2 Å². The van der Waals surface area contributed by atoms with Gasteiger partial charge in [-0.05, 0) is 49.9 Å². The molecule has 182 valence electrons. The van der Waals surface area contributed by atoms with Crippen molar-refractivity contribution < 1.29 is 31.1 Å². The van der Waals surface area contributed by atoms with Crippen LogP contribution in [0.25, 0.3) is 11.0 Å². The van der Waals surface area contributed by atoms with Crippen molar-refractivity contribution in [2.24, 2.45) is 0 Å². The Labute approximate surface area is 190 Å². The number of aromatic nitrogens is 3. The number of nitrogens with zero attached hydrogens (tertiary/aromatic N) is 3. The summed E-state index contributed by atoms with van der Waals surface area (Å²) in [6.45, 7) is 0. The van der Waals surface area contributed by atoms with Gasteiger partial charge in [-0.15, -0.1) is 0 Å². The maximum absolute atomic E-state index is 13.1. The molecule has 0 aliphatic heterocycles. The molecule has 1 aliphatic carbocycles. The topological polar surface area (TPSA) is 73.9 Å². The Kier molecular flexibility index (Phi) is 6.17. The molecule has 0 radical (unpaired) electrons. The Bertz CT molecular complexity index is 1120. The number of alkyl halides is 6. The van der Waals surface area contributed by atoms with Crippen LogP contribution in [0.2, 0.25) is 0 Å². The van der Waals surface area contributed by atoms with Gasteiger partial charge in [-0.1, -0.05) is 12.1 Å². The summed E-state index contributed by atoms with van der Waals surface area (Å²) in [6, 6.07) is 7.99. The first-order valence-corrected chi connectivity index (χ1v) is 10.6. The number of halogens is 6. The van der Waals surface area contributed by atoms with E-state index >= 15 is 0 Å². The lowest BCUT2D eigenvalue weighted by Crippen LogP contribution is -2.43. The van der Waals surface area contributed by atoms with E-state index in [2.05, 4.69) is 20.3 Å². The minimum atomic E-state index is -5.00. The molecule has 1 fully saturated rings. The van der Waals surface area contributed by atoms with Gasteiger partial charge in [0.25, 0.3) is 5.91 Å². The van der Waals surface area contributed by atoms with Crippen LogP contribution in [0.1, 0.15) is 47.7 Å². The zero-order valence-corrected chi connectivity index (χ0v) is 18.0. The van der Waals surface area contributed by atoms with Crippen LogP contribution in [0, 0.1) is 0 Å². The predicted octanol–water partition coefficient (Wildman–Crippen LogP) is 5.17. The van der Waals surface area contributed by atoms with Crippen LogP contribution in [0.5, 0.6) is 0 Å². The molecule has 0 spiro atoms. The van der Waals surface area contributed by atoms with Crippen molar-refractivity contribution in [3.8, 4) is 0 Å². The fourth-order valence-corrected chi connectivity index (χ4v) is 4.14. The largest absolute Gasteiger partial charge is 0.433 e. The first-order chi connectivity index (χ1) is 15.9. The van der Waals surface area contributed by atoms with Crippen molar-refractivity contribution in [2.45, 2.75) is 50.1 Å². The van der Waals surface area contributed by atoms with Crippen LogP contribution >= 0.6 is 0 Å². The number of hydrogen-bond acceptors (Lipinski definition) is 4. The quantitative estimate of drug-likeness (QED) is 0.500. The third-order valence-corrected chi connectivity index (χ3v) is 5.98. The molecular formula is C22H21F6N5O. The van der Waals surface area contributed by atoms with Crippen LogP contribution in [-0.2, 0) is 12.4 Å². The lowest BCUT2D eigenvalue weighted by atomic mass is 9.90. The molecule has 2 aromatic heterocycles. The minimum absolute atomic E-state index is 0.177. The van der Waals surface area contributed by atoms with E-state index in [0.717, 1.165) is 5.52 Å². The summed E-state index contributed by atoms with van der Waals surface area (Å²) >= 11 is 0. The minimum Gasteiger partial charge on any atom is -0.371 e. The Morgan fingerprint density at radius 2 is 1.56 bits per heavy atom. The number of pyridine rings is 1. The van der Waals surface area contributed by atoms with Crippen LogP contribution in [0.3, 0.4) is 0 Å². The van der Waals surface area contributed by atoms with Gasteiger partial charge in [0.1, 0.15) is 11.4 Å². The van der Waals surface area contributed by atoms with Gasteiger partial charge in [0.2, 0.25) is 0 Å². The second kappa shape index (κ2) is 8.80. The number of benzene rings is 1. The first kappa shape index (κ1) is 23.8. The Hall–Kier alpha value is -3.31. The SMILES string of the molecule is CN(c1cc(C(F)(F)F)nc(C(F)(F)F)c1)[C@H]1CC[C@@H](NC(=O)c2nc3ccccc3[nH]2)CC1. The number of nitrogens with one attached hydrogen (secondary N) is 2. The van der Waals surface area contributed by atoms with Crippen molar-refractivity contribution in [3.63, 3.8) is 0 Å². The second-order valence-corrected chi connectivity index (χ2v) is 8.28. The number of anilines is 1. The number of amides is 1. The molecule has 0 saturated heterocycles. The van der Waals surface area contributed by atoms with Gasteiger partial charge in [0.15, 0.2) is 5.82 Å². The number of fused-ring (bicyclic) bond motifs is 1. The number of hydrogen-bond donors (Lipinski definition) is 2. The third-order valence-electron chi connectivity index (χ3n) is 5.98. The number of carbonyl (C=O) groups is 1. The summed E-state index contributed by atoms with van der Waals surface area (Å²) < 4.78 is 78.8. The standard InChI is InChI=1S/C22H21F6N5O/c1-33(14-10-17(21(23,24)25)32-18(11-14)22(26,27)28)13-8-6-12(7-9-13)29-20(34)19-30-15-4-2-3-5-16(15)31-19/h2-5,10-13H,6-9H2,1H3,(H,29,34)(H,30,31)/t12-,13+. The van der Waals surface area contributed by atoms with Crippen molar-refractivity contribution in [1.82, 2.24) is 20.3 Å². The van der Waals surface area contributed by atoms with Gasteiger partial charge >= 0.3 is 12.4 Å². The van der Waals surface area contributed by atoms with E-state index in [1.54, 1.807) is 18.2 Å². The Balaban J connectivity index is 1.42. The molecule has 2 N–H and O–H groups in total. The number of carbonyl (C=O) groups excluding carboxylic acids is 1. The number of H-pyrrole nitrogens is 1.